The van der Waals surface area contributed by atoms with E-state index in [2.05, 4.69) is 13.0 Å². The molecule has 0 spiro atoms. The SMILES string of the molecule is Cc1ccc(C)c(Oc2coc3cc(OCc4ccccc4C)ccc3c2=O)c1. The highest BCUT2D eigenvalue weighted by Gasteiger charge is 2.12. The molecule has 3 aromatic carbocycles. The first-order chi connectivity index (χ1) is 14.0. The molecule has 4 nitrogen and oxygen atoms in total. The summed E-state index contributed by atoms with van der Waals surface area (Å²) in [4.78, 5) is 12.8. The van der Waals surface area contributed by atoms with Crippen LogP contribution >= 0.6 is 0 Å². The van der Waals surface area contributed by atoms with E-state index in [4.69, 9.17) is 13.9 Å². The van der Waals surface area contributed by atoms with Crippen LogP contribution in [-0.2, 0) is 6.61 Å². The second kappa shape index (κ2) is 7.84. The second-order valence-electron chi connectivity index (χ2n) is 7.17. The van der Waals surface area contributed by atoms with Crippen molar-refractivity contribution in [1.29, 1.82) is 0 Å². The molecule has 4 aromatic rings. The predicted molar refractivity (Wildman–Crippen MR) is 114 cm³/mol. The molecule has 29 heavy (non-hydrogen) atoms. The van der Waals surface area contributed by atoms with Crippen LogP contribution in [0.15, 0.2) is 76.1 Å². The molecule has 146 valence electrons. The standard InChI is InChI=1S/C25H22O4/c1-16-8-9-18(3)22(12-16)29-24-15-28-23-13-20(10-11-21(23)25(24)26)27-14-19-7-5-4-6-17(19)2/h4-13,15H,14H2,1-3H3. The Kier molecular flexibility index (Phi) is 5.09. The quantitative estimate of drug-likeness (QED) is 0.416. The first-order valence-electron chi connectivity index (χ1n) is 9.49. The summed E-state index contributed by atoms with van der Waals surface area (Å²) < 4.78 is 17.4. The van der Waals surface area contributed by atoms with E-state index in [1.807, 2.05) is 50.2 Å². The summed E-state index contributed by atoms with van der Waals surface area (Å²) in [5.41, 5.74) is 4.56. The minimum absolute atomic E-state index is 0.166. The summed E-state index contributed by atoms with van der Waals surface area (Å²) in [6.45, 7) is 6.43. The van der Waals surface area contributed by atoms with E-state index in [9.17, 15) is 4.79 Å². The molecule has 0 atom stereocenters. The molecule has 1 heterocycles. The Balaban J connectivity index is 1.59. The zero-order valence-corrected chi connectivity index (χ0v) is 16.7. The molecule has 4 rings (SSSR count). The maximum absolute atomic E-state index is 12.8. The molecular formula is C25H22O4. The normalized spacial score (nSPS) is 10.9. The summed E-state index contributed by atoms with van der Waals surface area (Å²) in [6, 6.07) is 19.2. The van der Waals surface area contributed by atoms with Crippen LogP contribution in [0.2, 0.25) is 0 Å². The highest BCUT2D eigenvalue weighted by atomic mass is 16.5. The van der Waals surface area contributed by atoms with Gasteiger partial charge in [0, 0.05) is 6.07 Å². The van der Waals surface area contributed by atoms with Gasteiger partial charge in [-0.25, -0.2) is 0 Å². The van der Waals surface area contributed by atoms with Gasteiger partial charge in [0.25, 0.3) is 0 Å². The smallest absolute Gasteiger partial charge is 0.235 e. The minimum atomic E-state index is -0.211. The molecule has 1 aromatic heterocycles. The molecule has 0 saturated carbocycles. The third kappa shape index (κ3) is 4.02. The lowest BCUT2D eigenvalue weighted by Crippen LogP contribution is -2.06. The van der Waals surface area contributed by atoms with Crippen LogP contribution in [0.1, 0.15) is 22.3 Å². The third-order valence-electron chi connectivity index (χ3n) is 4.93. The van der Waals surface area contributed by atoms with Crippen molar-refractivity contribution in [2.75, 3.05) is 0 Å². The Morgan fingerprint density at radius 3 is 2.52 bits per heavy atom. The summed E-state index contributed by atoms with van der Waals surface area (Å²) in [5.74, 6) is 1.46. The number of aryl methyl sites for hydroxylation is 3. The molecule has 0 bridgehead atoms. The van der Waals surface area contributed by atoms with E-state index in [-0.39, 0.29) is 11.2 Å². The second-order valence-corrected chi connectivity index (χ2v) is 7.17. The first-order valence-corrected chi connectivity index (χ1v) is 9.49. The minimum Gasteiger partial charge on any atom is -0.489 e. The number of fused-ring (bicyclic) bond motifs is 1. The van der Waals surface area contributed by atoms with Crippen molar-refractivity contribution in [3.63, 3.8) is 0 Å². The molecule has 0 saturated heterocycles. The van der Waals surface area contributed by atoms with Gasteiger partial charge in [0.15, 0.2) is 0 Å². The molecule has 0 radical (unpaired) electrons. The van der Waals surface area contributed by atoms with Crippen LogP contribution in [0.25, 0.3) is 11.0 Å². The molecule has 0 aliphatic carbocycles. The molecule has 0 fully saturated rings. The maximum atomic E-state index is 12.8. The van der Waals surface area contributed by atoms with Gasteiger partial charge in [-0.2, -0.15) is 0 Å². The molecule has 0 amide bonds. The molecule has 0 aliphatic rings. The van der Waals surface area contributed by atoms with E-state index in [0.29, 0.717) is 29.1 Å². The highest BCUT2D eigenvalue weighted by molar-refractivity contribution is 5.79. The molecule has 4 heteroatoms. The van der Waals surface area contributed by atoms with Crippen molar-refractivity contribution < 1.29 is 13.9 Å². The van der Waals surface area contributed by atoms with Crippen molar-refractivity contribution >= 4 is 11.0 Å². The number of ether oxygens (including phenoxy) is 2. The average molecular weight is 386 g/mol. The topological polar surface area (TPSA) is 48.7 Å². The molecular weight excluding hydrogens is 364 g/mol. The van der Waals surface area contributed by atoms with E-state index in [1.165, 1.54) is 11.8 Å². The lowest BCUT2D eigenvalue weighted by Gasteiger charge is -2.11. The zero-order valence-electron chi connectivity index (χ0n) is 16.7. The van der Waals surface area contributed by atoms with Gasteiger partial charge in [-0.1, -0.05) is 36.4 Å². The number of benzene rings is 3. The zero-order chi connectivity index (χ0) is 20.4. The predicted octanol–water partition coefficient (Wildman–Crippen LogP) is 6.09. The fourth-order valence-electron chi connectivity index (χ4n) is 3.12. The van der Waals surface area contributed by atoms with Crippen LogP contribution in [-0.4, -0.2) is 0 Å². The van der Waals surface area contributed by atoms with Crippen molar-refractivity contribution in [1.82, 2.24) is 0 Å². The van der Waals surface area contributed by atoms with E-state index < -0.39 is 0 Å². The van der Waals surface area contributed by atoms with E-state index >= 15 is 0 Å². The summed E-state index contributed by atoms with van der Waals surface area (Å²) in [7, 11) is 0. The van der Waals surface area contributed by atoms with Crippen LogP contribution in [0.3, 0.4) is 0 Å². The van der Waals surface area contributed by atoms with Gasteiger partial charge in [0.1, 0.15) is 30.0 Å². The largest absolute Gasteiger partial charge is 0.489 e. The third-order valence-corrected chi connectivity index (χ3v) is 4.93. The van der Waals surface area contributed by atoms with Crippen LogP contribution in [0.4, 0.5) is 0 Å². The fourth-order valence-corrected chi connectivity index (χ4v) is 3.12. The van der Waals surface area contributed by atoms with Crippen LogP contribution in [0.5, 0.6) is 17.2 Å². The van der Waals surface area contributed by atoms with Crippen LogP contribution in [0, 0.1) is 20.8 Å². The monoisotopic (exact) mass is 386 g/mol. The number of hydrogen-bond donors (Lipinski definition) is 0. The summed E-state index contributed by atoms with van der Waals surface area (Å²) in [6.07, 6.45) is 1.36. The summed E-state index contributed by atoms with van der Waals surface area (Å²) in [5, 5.41) is 0.455. The van der Waals surface area contributed by atoms with Gasteiger partial charge in [0.2, 0.25) is 11.2 Å². The molecule has 0 N–H and O–H groups in total. The van der Waals surface area contributed by atoms with Crippen molar-refractivity contribution in [3.05, 3.63) is 99.4 Å². The van der Waals surface area contributed by atoms with Crippen molar-refractivity contribution in [2.45, 2.75) is 27.4 Å². The lowest BCUT2D eigenvalue weighted by molar-refractivity contribution is 0.305. The van der Waals surface area contributed by atoms with Gasteiger partial charge in [0.05, 0.1) is 5.39 Å². The number of hydrogen-bond acceptors (Lipinski definition) is 4. The number of rotatable bonds is 5. The Morgan fingerprint density at radius 1 is 0.862 bits per heavy atom. The fraction of sp³-hybridized carbons (Fsp3) is 0.160. The van der Waals surface area contributed by atoms with E-state index in [0.717, 1.165) is 16.7 Å². The first kappa shape index (κ1) is 18.8. The van der Waals surface area contributed by atoms with Gasteiger partial charge >= 0.3 is 0 Å². The maximum Gasteiger partial charge on any atom is 0.235 e. The van der Waals surface area contributed by atoms with Crippen molar-refractivity contribution in [2.24, 2.45) is 0 Å². The Morgan fingerprint density at radius 2 is 1.69 bits per heavy atom. The molecule has 0 aliphatic heterocycles. The van der Waals surface area contributed by atoms with Crippen molar-refractivity contribution in [3.8, 4) is 17.2 Å². The highest BCUT2D eigenvalue weighted by Crippen LogP contribution is 2.27. The Bertz CT molecular complexity index is 1240. The lowest BCUT2D eigenvalue weighted by atomic mass is 10.1. The average Bonchev–Trinajstić information content (AvgIpc) is 2.72. The van der Waals surface area contributed by atoms with Gasteiger partial charge in [-0.3, -0.25) is 4.79 Å². The molecule has 0 unspecified atom stereocenters. The van der Waals surface area contributed by atoms with E-state index in [1.54, 1.807) is 18.2 Å². The van der Waals surface area contributed by atoms with Gasteiger partial charge < -0.3 is 13.9 Å². The van der Waals surface area contributed by atoms with Crippen LogP contribution < -0.4 is 14.9 Å². The van der Waals surface area contributed by atoms with Gasteiger partial charge in [-0.05, 0) is 61.2 Å². The Hall–Kier alpha value is -3.53. The Labute approximate surface area is 169 Å². The van der Waals surface area contributed by atoms with Gasteiger partial charge in [-0.15, -0.1) is 0 Å². The summed E-state index contributed by atoms with van der Waals surface area (Å²) >= 11 is 0.